The van der Waals surface area contributed by atoms with Gasteiger partial charge in [-0.1, -0.05) is 19.9 Å². The molecule has 0 radical (unpaired) electrons. The molecule has 1 aliphatic heterocycles. The number of urea groups is 1. The third-order valence-electron chi connectivity index (χ3n) is 3.50. The summed E-state index contributed by atoms with van der Waals surface area (Å²) in [6.07, 6.45) is 0. The Bertz CT molecular complexity index is 630. The van der Waals surface area contributed by atoms with E-state index in [1.165, 1.54) is 18.2 Å². The zero-order valence-corrected chi connectivity index (χ0v) is 12.6. The zero-order chi connectivity index (χ0) is 16.4. The molecule has 7 heteroatoms. The van der Waals surface area contributed by atoms with Crippen molar-refractivity contribution in [3.8, 4) is 0 Å². The summed E-state index contributed by atoms with van der Waals surface area (Å²) >= 11 is 0. The Labute approximate surface area is 127 Å². The third kappa shape index (κ3) is 3.24. The lowest BCUT2D eigenvalue weighted by atomic mass is 10.1. The Morgan fingerprint density at radius 1 is 1.41 bits per heavy atom. The van der Waals surface area contributed by atoms with Gasteiger partial charge in [0.25, 0.3) is 5.91 Å². The van der Waals surface area contributed by atoms with Gasteiger partial charge < -0.3 is 10.6 Å². The van der Waals surface area contributed by atoms with E-state index in [1.807, 2.05) is 13.8 Å². The van der Waals surface area contributed by atoms with E-state index in [0.717, 1.165) is 4.90 Å². The van der Waals surface area contributed by atoms with Crippen LogP contribution in [-0.2, 0) is 9.59 Å². The van der Waals surface area contributed by atoms with Crippen LogP contribution in [0.25, 0.3) is 0 Å². The molecule has 2 rings (SSSR count). The summed E-state index contributed by atoms with van der Waals surface area (Å²) in [5.41, 5.74) is 1.00. The first-order chi connectivity index (χ1) is 10.3. The van der Waals surface area contributed by atoms with Crippen LogP contribution in [0.5, 0.6) is 0 Å². The van der Waals surface area contributed by atoms with Crippen molar-refractivity contribution in [2.75, 3.05) is 11.9 Å². The molecule has 1 aromatic rings. The van der Waals surface area contributed by atoms with E-state index in [2.05, 4.69) is 10.6 Å². The van der Waals surface area contributed by atoms with Gasteiger partial charge in [0.1, 0.15) is 18.4 Å². The second-order valence-corrected chi connectivity index (χ2v) is 5.60. The van der Waals surface area contributed by atoms with Crippen molar-refractivity contribution in [3.63, 3.8) is 0 Å². The highest BCUT2D eigenvalue weighted by Gasteiger charge is 2.40. The zero-order valence-electron chi connectivity index (χ0n) is 12.6. The van der Waals surface area contributed by atoms with Crippen molar-refractivity contribution in [2.24, 2.45) is 5.92 Å². The van der Waals surface area contributed by atoms with Crippen LogP contribution in [0.15, 0.2) is 18.2 Å². The molecule has 0 aliphatic carbocycles. The number of nitrogens with one attached hydrogen (secondary N) is 2. The second kappa shape index (κ2) is 6.13. The van der Waals surface area contributed by atoms with E-state index < -0.39 is 36.2 Å². The van der Waals surface area contributed by atoms with Crippen LogP contribution in [0.4, 0.5) is 14.9 Å². The molecule has 6 nitrogen and oxygen atoms in total. The topological polar surface area (TPSA) is 78.5 Å². The van der Waals surface area contributed by atoms with Gasteiger partial charge in [-0.2, -0.15) is 0 Å². The monoisotopic (exact) mass is 307 g/mol. The molecule has 22 heavy (non-hydrogen) atoms. The van der Waals surface area contributed by atoms with Crippen LogP contribution >= 0.6 is 0 Å². The fraction of sp³-hybridized carbons (Fsp3) is 0.400. The molecule has 0 saturated carbocycles. The molecule has 1 fully saturated rings. The summed E-state index contributed by atoms with van der Waals surface area (Å²) in [4.78, 5) is 36.7. The number of imide groups is 1. The summed E-state index contributed by atoms with van der Waals surface area (Å²) in [6, 6.07) is 2.81. The van der Waals surface area contributed by atoms with Crippen LogP contribution in [0, 0.1) is 18.7 Å². The number of benzene rings is 1. The molecule has 1 saturated heterocycles. The first-order valence-electron chi connectivity index (χ1n) is 6.97. The summed E-state index contributed by atoms with van der Waals surface area (Å²) in [7, 11) is 0. The number of carbonyl (C=O) groups excluding carboxylic acids is 3. The Morgan fingerprint density at radius 2 is 2.09 bits per heavy atom. The third-order valence-corrected chi connectivity index (χ3v) is 3.50. The maximum Gasteiger partial charge on any atom is 0.325 e. The highest BCUT2D eigenvalue weighted by Crippen LogP contribution is 2.17. The summed E-state index contributed by atoms with van der Waals surface area (Å²) < 4.78 is 13.2. The average molecular weight is 307 g/mol. The van der Waals surface area contributed by atoms with E-state index in [1.54, 1.807) is 6.92 Å². The minimum absolute atomic E-state index is 0.0602. The van der Waals surface area contributed by atoms with Gasteiger partial charge in [-0.25, -0.2) is 9.18 Å². The van der Waals surface area contributed by atoms with Crippen molar-refractivity contribution in [3.05, 3.63) is 29.6 Å². The number of rotatable bonds is 4. The van der Waals surface area contributed by atoms with Gasteiger partial charge in [0.2, 0.25) is 5.91 Å². The minimum Gasteiger partial charge on any atom is -0.326 e. The first kappa shape index (κ1) is 15.9. The maximum absolute atomic E-state index is 13.2. The lowest BCUT2D eigenvalue weighted by Crippen LogP contribution is -2.39. The van der Waals surface area contributed by atoms with Gasteiger partial charge in [0.05, 0.1) is 0 Å². The van der Waals surface area contributed by atoms with E-state index in [9.17, 15) is 18.8 Å². The van der Waals surface area contributed by atoms with E-state index in [4.69, 9.17) is 0 Å². The van der Waals surface area contributed by atoms with Gasteiger partial charge in [0.15, 0.2) is 0 Å². The number of hydrogen-bond donors (Lipinski definition) is 2. The predicted octanol–water partition coefficient (Wildman–Crippen LogP) is 1.65. The molecule has 0 spiro atoms. The first-order valence-corrected chi connectivity index (χ1v) is 6.97. The number of carbonyl (C=O) groups is 3. The Balaban J connectivity index is 2.05. The highest BCUT2D eigenvalue weighted by atomic mass is 19.1. The molecule has 0 unspecified atom stereocenters. The van der Waals surface area contributed by atoms with Gasteiger partial charge in [0, 0.05) is 5.69 Å². The molecule has 1 aromatic carbocycles. The van der Waals surface area contributed by atoms with E-state index >= 15 is 0 Å². The second-order valence-electron chi connectivity index (χ2n) is 5.60. The highest BCUT2D eigenvalue weighted by molar-refractivity contribution is 6.08. The molecule has 1 aliphatic rings. The summed E-state index contributed by atoms with van der Waals surface area (Å²) in [6.45, 7) is 4.94. The van der Waals surface area contributed by atoms with Crippen molar-refractivity contribution < 1.29 is 18.8 Å². The molecule has 118 valence electrons. The standard InChI is InChI=1S/C15H18FN3O3/c1-8(2)13-14(21)19(15(22)18-13)7-12(20)17-11-6-10(16)5-4-9(11)3/h4-6,8,13H,7H2,1-3H3,(H,17,20)(H,18,22)/t13-/m1/s1. The molecule has 4 amide bonds. The quantitative estimate of drug-likeness (QED) is 0.830. The van der Waals surface area contributed by atoms with Crippen LogP contribution in [0.2, 0.25) is 0 Å². The molecule has 2 N–H and O–H groups in total. The molecule has 0 bridgehead atoms. The van der Waals surface area contributed by atoms with Crippen LogP contribution in [0.1, 0.15) is 19.4 Å². The SMILES string of the molecule is Cc1ccc(F)cc1NC(=O)CN1C(=O)N[C@H](C(C)C)C1=O. The van der Waals surface area contributed by atoms with Crippen LogP contribution < -0.4 is 10.6 Å². The lowest BCUT2D eigenvalue weighted by molar-refractivity contribution is -0.131. The molecule has 0 aromatic heterocycles. The summed E-state index contributed by atoms with van der Waals surface area (Å²) in [5, 5.41) is 5.05. The molecular formula is C15H18FN3O3. The molecule has 1 atom stereocenters. The van der Waals surface area contributed by atoms with Gasteiger partial charge >= 0.3 is 6.03 Å². The van der Waals surface area contributed by atoms with Crippen molar-refractivity contribution in [1.82, 2.24) is 10.2 Å². The smallest absolute Gasteiger partial charge is 0.325 e. The average Bonchev–Trinajstić information content (AvgIpc) is 2.71. The van der Waals surface area contributed by atoms with Crippen molar-refractivity contribution >= 4 is 23.5 Å². The molecule has 1 heterocycles. The largest absolute Gasteiger partial charge is 0.326 e. The predicted molar refractivity (Wildman–Crippen MR) is 78.6 cm³/mol. The Kier molecular flexibility index (Phi) is 4.44. The number of nitrogens with zero attached hydrogens (tertiary/aromatic N) is 1. The maximum atomic E-state index is 13.2. The van der Waals surface area contributed by atoms with Crippen molar-refractivity contribution in [2.45, 2.75) is 26.8 Å². The normalized spacial score (nSPS) is 17.9. The number of amides is 4. The fourth-order valence-corrected chi connectivity index (χ4v) is 2.20. The lowest BCUT2D eigenvalue weighted by Gasteiger charge is -2.15. The van der Waals surface area contributed by atoms with Gasteiger partial charge in [-0.05, 0) is 30.5 Å². The Hall–Kier alpha value is -2.44. The van der Waals surface area contributed by atoms with E-state index in [0.29, 0.717) is 11.3 Å². The van der Waals surface area contributed by atoms with Crippen LogP contribution in [-0.4, -0.2) is 35.3 Å². The summed E-state index contributed by atoms with van der Waals surface area (Å²) in [5.74, 6) is -1.52. The number of halogens is 1. The number of anilines is 1. The Morgan fingerprint density at radius 3 is 2.68 bits per heavy atom. The minimum atomic E-state index is -0.615. The van der Waals surface area contributed by atoms with Crippen molar-refractivity contribution in [1.29, 1.82) is 0 Å². The number of hydrogen-bond acceptors (Lipinski definition) is 3. The van der Waals surface area contributed by atoms with Gasteiger partial charge in [-0.15, -0.1) is 0 Å². The van der Waals surface area contributed by atoms with E-state index in [-0.39, 0.29) is 5.92 Å². The van der Waals surface area contributed by atoms with Gasteiger partial charge in [-0.3, -0.25) is 14.5 Å². The fourth-order valence-electron chi connectivity index (χ4n) is 2.20. The van der Waals surface area contributed by atoms with Crippen LogP contribution in [0.3, 0.4) is 0 Å². The molecular weight excluding hydrogens is 289 g/mol. The number of aryl methyl sites for hydroxylation is 1.